The van der Waals surface area contributed by atoms with Crippen LogP contribution in [-0.2, 0) is 9.59 Å². The average Bonchev–Trinajstić information content (AvgIpc) is 3.17. The molecule has 3 amide bonds. The monoisotopic (exact) mass is 358 g/mol. The number of benzene rings is 1. The van der Waals surface area contributed by atoms with Gasteiger partial charge >= 0.3 is 0 Å². The van der Waals surface area contributed by atoms with E-state index in [4.69, 9.17) is 0 Å². The first-order valence-electron chi connectivity index (χ1n) is 9.20. The van der Waals surface area contributed by atoms with Gasteiger partial charge in [-0.05, 0) is 37.1 Å². The maximum Gasteiger partial charge on any atom is 0.253 e. The second-order valence-electron chi connectivity index (χ2n) is 6.91. The molecule has 7 nitrogen and oxygen atoms in total. The molecule has 2 aliphatic heterocycles. The lowest BCUT2D eigenvalue weighted by Gasteiger charge is -2.35. The lowest BCUT2D eigenvalue weighted by molar-refractivity contribution is -0.131. The van der Waals surface area contributed by atoms with Gasteiger partial charge in [0, 0.05) is 57.4 Å². The first kappa shape index (κ1) is 18.4. The van der Waals surface area contributed by atoms with Gasteiger partial charge in [0.05, 0.1) is 6.54 Å². The second kappa shape index (κ2) is 8.31. The van der Waals surface area contributed by atoms with Crippen LogP contribution in [0, 0.1) is 0 Å². The zero-order chi connectivity index (χ0) is 18.5. The van der Waals surface area contributed by atoms with Crippen LogP contribution in [0.5, 0.6) is 0 Å². The summed E-state index contributed by atoms with van der Waals surface area (Å²) in [5.74, 6) is 0.0596. The third-order valence-electron chi connectivity index (χ3n) is 4.93. The number of hydrogen-bond donors (Lipinski definition) is 1. The van der Waals surface area contributed by atoms with Crippen LogP contribution in [0.25, 0.3) is 0 Å². The van der Waals surface area contributed by atoms with E-state index in [0.717, 1.165) is 39.0 Å². The van der Waals surface area contributed by atoms with Gasteiger partial charge in [-0.3, -0.25) is 19.3 Å². The summed E-state index contributed by atoms with van der Waals surface area (Å²) in [4.78, 5) is 41.8. The molecule has 3 rings (SSSR count). The van der Waals surface area contributed by atoms with Crippen molar-refractivity contribution in [2.24, 2.45) is 0 Å². The molecule has 26 heavy (non-hydrogen) atoms. The molecule has 2 aliphatic rings. The Morgan fingerprint density at radius 1 is 0.885 bits per heavy atom. The van der Waals surface area contributed by atoms with Crippen molar-refractivity contribution in [3.63, 3.8) is 0 Å². The van der Waals surface area contributed by atoms with Gasteiger partial charge in [-0.2, -0.15) is 0 Å². The molecule has 0 spiro atoms. The molecular weight excluding hydrogens is 332 g/mol. The van der Waals surface area contributed by atoms with Gasteiger partial charge in [-0.25, -0.2) is 0 Å². The lowest BCUT2D eigenvalue weighted by atomic mass is 10.1. The Kier molecular flexibility index (Phi) is 5.88. The van der Waals surface area contributed by atoms with E-state index < -0.39 is 0 Å². The maximum absolute atomic E-state index is 12.6. The smallest absolute Gasteiger partial charge is 0.253 e. The van der Waals surface area contributed by atoms with Crippen LogP contribution in [0.2, 0.25) is 0 Å². The standard InChI is InChI=1S/C19H26N4O3/c1-15(24)20-17-6-4-16(5-7-17)19(26)23-12-10-21(11-13-23)14-18(25)22-8-2-3-9-22/h4-7H,2-3,8-14H2,1H3,(H,20,24). The average molecular weight is 358 g/mol. The number of likely N-dealkylation sites (tertiary alicyclic amines) is 1. The summed E-state index contributed by atoms with van der Waals surface area (Å²) in [7, 11) is 0. The van der Waals surface area contributed by atoms with Gasteiger partial charge in [0.25, 0.3) is 5.91 Å². The SMILES string of the molecule is CC(=O)Nc1ccc(C(=O)N2CCN(CC(=O)N3CCCC3)CC2)cc1. The predicted molar refractivity (Wildman–Crippen MR) is 98.9 cm³/mol. The highest BCUT2D eigenvalue weighted by Gasteiger charge is 2.25. The molecule has 0 bridgehead atoms. The van der Waals surface area contributed by atoms with Crippen LogP contribution in [-0.4, -0.2) is 78.2 Å². The minimum atomic E-state index is -0.135. The highest BCUT2D eigenvalue weighted by atomic mass is 16.2. The molecule has 0 saturated carbocycles. The molecule has 0 radical (unpaired) electrons. The highest BCUT2D eigenvalue weighted by Crippen LogP contribution is 2.14. The van der Waals surface area contributed by atoms with E-state index in [-0.39, 0.29) is 17.7 Å². The molecule has 7 heteroatoms. The Bertz CT molecular complexity index is 660. The molecule has 2 fully saturated rings. The molecule has 0 atom stereocenters. The van der Waals surface area contributed by atoms with E-state index in [2.05, 4.69) is 10.2 Å². The molecule has 0 aliphatic carbocycles. The number of piperazine rings is 1. The molecule has 2 saturated heterocycles. The van der Waals surface area contributed by atoms with Crippen LogP contribution >= 0.6 is 0 Å². The van der Waals surface area contributed by atoms with Crippen molar-refractivity contribution in [2.75, 3.05) is 51.1 Å². The fourth-order valence-corrected chi connectivity index (χ4v) is 3.45. The summed E-state index contributed by atoms with van der Waals surface area (Å²) in [5, 5.41) is 2.69. The van der Waals surface area contributed by atoms with E-state index in [1.165, 1.54) is 6.92 Å². The largest absolute Gasteiger partial charge is 0.342 e. The first-order chi connectivity index (χ1) is 12.5. The topological polar surface area (TPSA) is 73.0 Å². The van der Waals surface area contributed by atoms with Crippen LogP contribution in [0.1, 0.15) is 30.1 Å². The number of anilines is 1. The number of nitrogens with one attached hydrogen (secondary N) is 1. The third-order valence-corrected chi connectivity index (χ3v) is 4.93. The molecule has 0 unspecified atom stereocenters. The quantitative estimate of drug-likeness (QED) is 0.872. The van der Waals surface area contributed by atoms with Crippen molar-refractivity contribution in [3.05, 3.63) is 29.8 Å². The van der Waals surface area contributed by atoms with Crippen molar-refractivity contribution >= 4 is 23.4 Å². The summed E-state index contributed by atoms with van der Waals surface area (Å²) < 4.78 is 0. The number of nitrogens with zero attached hydrogens (tertiary/aromatic N) is 3. The molecular formula is C19H26N4O3. The number of carbonyl (C=O) groups is 3. The number of carbonyl (C=O) groups excluding carboxylic acids is 3. The van der Waals surface area contributed by atoms with Crippen molar-refractivity contribution in [1.29, 1.82) is 0 Å². The zero-order valence-electron chi connectivity index (χ0n) is 15.2. The van der Waals surface area contributed by atoms with Gasteiger partial charge in [-0.15, -0.1) is 0 Å². The molecule has 1 aromatic rings. The molecule has 0 aromatic heterocycles. The molecule has 140 valence electrons. The molecule has 1 N–H and O–H groups in total. The number of hydrogen-bond acceptors (Lipinski definition) is 4. The summed E-state index contributed by atoms with van der Waals surface area (Å²) in [6.07, 6.45) is 2.21. The first-order valence-corrected chi connectivity index (χ1v) is 9.20. The Hall–Kier alpha value is -2.41. The van der Waals surface area contributed by atoms with Crippen LogP contribution in [0.4, 0.5) is 5.69 Å². The Morgan fingerprint density at radius 2 is 1.50 bits per heavy atom. The van der Waals surface area contributed by atoms with E-state index in [9.17, 15) is 14.4 Å². The summed E-state index contributed by atoms with van der Waals surface area (Å²) >= 11 is 0. The normalized spacial score (nSPS) is 18.0. The van der Waals surface area contributed by atoms with Gasteiger partial charge in [0.1, 0.15) is 0 Å². The van der Waals surface area contributed by atoms with Gasteiger partial charge in [0.15, 0.2) is 0 Å². The Balaban J connectivity index is 1.48. The number of rotatable bonds is 4. The third kappa shape index (κ3) is 4.60. The fourth-order valence-electron chi connectivity index (χ4n) is 3.45. The van der Waals surface area contributed by atoms with Crippen LogP contribution in [0.15, 0.2) is 24.3 Å². The van der Waals surface area contributed by atoms with Gasteiger partial charge in [0.2, 0.25) is 11.8 Å². The predicted octanol–water partition coefficient (Wildman–Crippen LogP) is 1.03. The van der Waals surface area contributed by atoms with Crippen LogP contribution in [0.3, 0.4) is 0 Å². The van der Waals surface area contributed by atoms with Crippen LogP contribution < -0.4 is 5.32 Å². The van der Waals surface area contributed by atoms with E-state index in [0.29, 0.717) is 30.9 Å². The molecule has 2 heterocycles. The van der Waals surface area contributed by atoms with Crippen molar-refractivity contribution < 1.29 is 14.4 Å². The lowest BCUT2D eigenvalue weighted by Crippen LogP contribution is -2.51. The number of amides is 3. The fraction of sp³-hybridized carbons (Fsp3) is 0.526. The summed E-state index contributed by atoms with van der Waals surface area (Å²) in [6.45, 7) is 6.35. The minimum Gasteiger partial charge on any atom is -0.342 e. The van der Waals surface area contributed by atoms with Crippen molar-refractivity contribution in [1.82, 2.24) is 14.7 Å². The van der Waals surface area contributed by atoms with Gasteiger partial charge in [-0.1, -0.05) is 0 Å². The highest BCUT2D eigenvalue weighted by molar-refractivity contribution is 5.95. The maximum atomic E-state index is 12.6. The van der Waals surface area contributed by atoms with Crippen molar-refractivity contribution in [2.45, 2.75) is 19.8 Å². The Morgan fingerprint density at radius 3 is 2.08 bits per heavy atom. The van der Waals surface area contributed by atoms with Crippen molar-refractivity contribution in [3.8, 4) is 0 Å². The summed E-state index contributed by atoms with van der Waals surface area (Å²) in [5.41, 5.74) is 1.29. The summed E-state index contributed by atoms with van der Waals surface area (Å²) in [6, 6.07) is 6.94. The zero-order valence-corrected chi connectivity index (χ0v) is 15.2. The van der Waals surface area contributed by atoms with E-state index in [1.54, 1.807) is 24.3 Å². The van der Waals surface area contributed by atoms with Gasteiger partial charge < -0.3 is 15.1 Å². The second-order valence-corrected chi connectivity index (χ2v) is 6.91. The van der Waals surface area contributed by atoms with E-state index in [1.807, 2.05) is 9.80 Å². The van der Waals surface area contributed by atoms with E-state index >= 15 is 0 Å². The Labute approximate surface area is 153 Å². The minimum absolute atomic E-state index is 0.00936. The molecule has 1 aromatic carbocycles.